The van der Waals surface area contributed by atoms with Gasteiger partial charge in [-0.3, -0.25) is 19.7 Å². The molecule has 4 atom stereocenters. The fourth-order valence-electron chi connectivity index (χ4n) is 4.23. The van der Waals surface area contributed by atoms with Gasteiger partial charge in [0, 0.05) is 11.6 Å². The summed E-state index contributed by atoms with van der Waals surface area (Å²) in [5.74, 6) is -0.875. The van der Waals surface area contributed by atoms with Crippen molar-refractivity contribution in [2.45, 2.75) is 12.8 Å². The first-order valence-corrected chi connectivity index (χ1v) is 8.44. The third-order valence-electron chi connectivity index (χ3n) is 5.46. The highest BCUT2D eigenvalue weighted by Gasteiger charge is 2.56. The van der Waals surface area contributed by atoms with Crippen molar-refractivity contribution < 1.29 is 19.2 Å². The highest BCUT2D eigenvalue weighted by molar-refractivity contribution is 6.06. The minimum absolute atomic E-state index is 0.101. The van der Waals surface area contributed by atoms with Crippen LogP contribution in [0, 0.1) is 33.8 Å². The van der Waals surface area contributed by atoms with Crippen LogP contribution in [-0.4, -0.2) is 35.1 Å². The quantitative estimate of drug-likeness (QED) is 0.271. The number of nitrogens with zero attached hydrogens (tertiary/aromatic N) is 3. The predicted molar refractivity (Wildman–Crippen MR) is 91.4 cm³/mol. The first kappa shape index (κ1) is 16.4. The Morgan fingerprint density at radius 2 is 1.81 bits per heavy atom. The zero-order valence-electron chi connectivity index (χ0n) is 14.1. The first-order valence-electron chi connectivity index (χ1n) is 8.44. The van der Waals surface area contributed by atoms with Gasteiger partial charge in [0.25, 0.3) is 11.8 Å². The summed E-state index contributed by atoms with van der Waals surface area (Å²) in [4.78, 5) is 35.9. The van der Waals surface area contributed by atoms with E-state index in [1.807, 2.05) is 12.2 Å². The van der Waals surface area contributed by atoms with Gasteiger partial charge in [0.1, 0.15) is 0 Å². The minimum atomic E-state index is -0.555. The summed E-state index contributed by atoms with van der Waals surface area (Å²) in [5, 5.41) is 16.1. The Hall–Kier alpha value is -3.03. The highest BCUT2D eigenvalue weighted by Crippen LogP contribution is 2.49. The zero-order chi connectivity index (χ0) is 18.4. The Bertz CT molecular complexity index is 830. The third-order valence-corrected chi connectivity index (χ3v) is 5.46. The lowest BCUT2D eigenvalue weighted by molar-refractivity contribution is -0.385. The summed E-state index contributed by atoms with van der Waals surface area (Å²) >= 11 is 0. The van der Waals surface area contributed by atoms with E-state index in [0.29, 0.717) is 5.56 Å². The maximum absolute atomic E-state index is 12.7. The van der Waals surface area contributed by atoms with Crippen LogP contribution in [0.4, 0.5) is 5.69 Å². The van der Waals surface area contributed by atoms with Crippen LogP contribution >= 0.6 is 0 Å². The molecule has 1 saturated carbocycles. The number of fused-ring (bicyclic) bond motifs is 1. The van der Waals surface area contributed by atoms with Crippen molar-refractivity contribution >= 4 is 23.7 Å². The average molecular weight is 355 g/mol. The van der Waals surface area contributed by atoms with E-state index in [4.69, 9.17) is 4.74 Å². The number of rotatable bonds is 4. The molecule has 2 fully saturated rings. The van der Waals surface area contributed by atoms with E-state index in [1.165, 1.54) is 25.5 Å². The number of imide groups is 1. The maximum atomic E-state index is 12.7. The van der Waals surface area contributed by atoms with Crippen LogP contribution in [0.15, 0.2) is 35.5 Å². The van der Waals surface area contributed by atoms with Crippen LogP contribution < -0.4 is 4.74 Å². The Labute approximate surface area is 149 Å². The van der Waals surface area contributed by atoms with Gasteiger partial charge in [0.2, 0.25) is 0 Å². The van der Waals surface area contributed by atoms with Crippen LogP contribution in [0.5, 0.6) is 5.75 Å². The lowest BCUT2D eigenvalue weighted by Gasteiger charge is -2.37. The van der Waals surface area contributed by atoms with E-state index in [0.717, 1.165) is 17.9 Å². The molecule has 0 N–H and O–H groups in total. The Balaban J connectivity index is 1.60. The van der Waals surface area contributed by atoms with Crippen molar-refractivity contribution in [3.63, 3.8) is 0 Å². The number of ether oxygens (including phenoxy) is 1. The second-order valence-corrected chi connectivity index (χ2v) is 6.76. The smallest absolute Gasteiger partial charge is 0.311 e. The fraction of sp³-hybridized carbons (Fsp3) is 0.389. The van der Waals surface area contributed by atoms with Crippen molar-refractivity contribution in [3.8, 4) is 5.75 Å². The summed E-state index contributed by atoms with van der Waals surface area (Å²) < 4.78 is 4.96. The average Bonchev–Trinajstić information content (AvgIpc) is 2.93. The molecule has 2 amide bonds. The predicted octanol–water partition coefficient (Wildman–Crippen LogP) is 2.13. The molecule has 0 spiro atoms. The summed E-state index contributed by atoms with van der Waals surface area (Å²) in [6.07, 6.45) is 7.23. The molecule has 1 heterocycles. The summed E-state index contributed by atoms with van der Waals surface area (Å²) in [6.45, 7) is 0. The highest BCUT2D eigenvalue weighted by atomic mass is 16.6. The number of amides is 2. The Kier molecular flexibility index (Phi) is 3.82. The molecule has 0 aromatic heterocycles. The monoisotopic (exact) mass is 355 g/mol. The number of hydrogen-bond donors (Lipinski definition) is 0. The third kappa shape index (κ3) is 2.40. The second-order valence-electron chi connectivity index (χ2n) is 6.76. The Morgan fingerprint density at radius 1 is 1.19 bits per heavy atom. The van der Waals surface area contributed by atoms with E-state index >= 15 is 0 Å². The molecular formula is C18H17N3O5. The van der Waals surface area contributed by atoms with E-state index in [1.54, 1.807) is 6.07 Å². The normalized spacial score (nSPS) is 29.5. The Morgan fingerprint density at radius 3 is 2.31 bits per heavy atom. The molecule has 26 heavy (non-hydrogen) atoms. The molecule has 134 valence electrons. The summed E-state index contributed by atoms with van der Waals surface area (Å²) in [7, 11) is 1.35. The van der Waals surface area contributed by atoms with Crippen molar-refractivity contribution in [2.24, 2.45) is 28.8 Å². The molecule has 1 saturated heterocycles. The second kappa shape index (κ2) is 6.05. The molecule has 1 aromatic carbocycles. The van der Waals surface area contributed by atoms with E-state index in [-0.39, 0.29) is 46.9 Å². The number of nitro benzene ring substituents is 1. The lowest BCUT2D eigenvalue weighted by Crippen LogP contribution is -2.38. The number of carbonyl (C=O) groups is 2. The van der Waals surface area contributed by atoms with E-state index < -0.39 is 4.92 Å². The number of hydrazone groups is 1. The number of hydrogen-bond acceptors (Lipinski definition) is 6. The minimum Gasteiger partial charge on any atom is -0.490 e. The van der Waals surface area contributed by atoms with Crippen LogP contribution in [0.1, 0.15) is 18.4 Å². The van der Waals surface area contributed by atoms with Crippen LogP contribution in [-0.2, 0) is 9.59 Å². The van der Waals surface area contributed by atoms with Gasteiger partial charge in [-0.2, -0.15) is 10.1 Å². The summed E-state index contributed by atoms with van der Waals surface area (Å²) in [5.41, 5.74) is 0.209. The number of carbonyl (C=O) groups excluding carboxylic acids is 2. The molecule has 0 unspecified atom stereocenters. The maximum Gasteiger partial charge on any atom is 0.311 e. The van der Waals surface area contributed by atoms with Crippen LogP contribution in [0.2, 0.25) is 0 Å². The number of benzene rings is 1. The molecule has 1 aliphatic heterocycles. The fourth-order valence-corrected chi connectivity index (χ4v) is 4.23. The number of allylic oxidation sites excluding steroid dienone is 2. The van der Waals surface area contributed by atoms with Gasteiger partial charge in [-0.25, -0.2) is 0 Å². The number of methoxy groups -OCH3 is 1. The lowest BCUT2D eigenvalue weighted by atomic mass is 9.63. The van der Waals surface area contributed by atoms with Crippen molar-refractivity contribution in [2.75, 3.05) is 7.11 Å². The van der Waals surface area contributed by atoms with Crippen molar-refractivity contribution in [1.82, 2.24) is 5.01 Å². The van der Waals surface area contributed by atoms with E-state index in [9.17, 15) is 19.7 Å². The van der Waals surface area contributed by atoms with Crippen molar-refractivity contribution in [3.05, 3.63) is 46.0 Å². The summed E-state index contributed by atoms with van der Waals surface area (Å²) in [6, 6.07) is 4.33. The van der Waals surface area contributed by atoms with Gasteiger partial charge in [-0.05, 0) is 36.8 Å². The van der Waals surface area contributed by atoms with Crippen molar-refractivity contribution in [1.29, 1.82) is 0 Å². The zero-order valence-corrected chi connectivity index (χ0v) is 14.1. The molecule has 3 aliphatic carbocycles. The molecule has 2 bridgehead atoms. The molecule has 8 heteroatoms. The van der Waals surface area contributed by atoms with Gasteiger partial charge in [-0.1, -0.05) is 12.2 Å². The molecule has 5 rings (SSSR count). The molecule has 4 aliphatic rings. The van der Waals surface area contributed by atoms with Crippen LogP contribution in [0.25, 0.3) is 0 Å². The molecular weight excluding hydrogens is 338 g/mol. The largest absolute Gasteiger partial charge is 0.490 e. The number of nitro groups is 1. The van der Waals surface area contributed by atoms with Gasteiger partial charge in [0.05, 0.1) is 30.1 Å². The molecule has 8 nitrogen and oxygen atoms in total. The first-order chi connectivity index (χ1) is 12.5. The SMILES string of the molecule is COc1ccc(/C=N\N2C(=O)[C@H]3[C@H](C2=O)[C@H]2C=C[C@H]3CC2)cc1[N+](=O)[O-]. The molecule has 1 aromatic rings. The standard InChI is InChI=1S/C18H17N3O5/c1-26-14-7-2-10(8-13(14)21(24)25)9-19-20-17(22)15-11-3-4-12(6-5-11)16(15)18(20)23/h2-4,7-9,11-12,15-16H,5-6H2,1H3/b19-9-/t11-,12-,15+,16+/m0/s1. The topological polar surface area (TPSA) is 102 Å². The van der Waals surface area contributed by atoms with Gasteiger partial charge in [0.15, 0.2) is 5.75 Å². The van der Waals surface area contributed by atoms with Gasteiger partial charge >= 0.3 is 5.69 Å². The van der Waals surface area contributed by atoms with Gasteiger partial charge in [-0.15, -0.1) is 0 Å². The van der Waals surface area contributed by atoms with Gasteiger partial charge < -0.3 is 4.74 Å². The van der Waals surface area contributed by atoms with E-state index in [2.05, 4.69) is 5.10 Å². The molecule has 0 radical (unpaired) electrons. The van der Waals surface area contributed by atoms with Crippen LogP contribution in [0.3, 0.4) is 0 Å².